The lowest BCUT2D eigenvalue weighted by molar-refractivity contribution is -0.210. The Hall–Kier alpha value is -1.77. The molecule has 0 aliphatic heterocycles. The summed E-state index contributed by atoms with van der Waals surface area (Å²) in [5, 5.41) is 10.3. The van der Waals surface area contributed by atoms with Crippen LogP contribution in [0.3, 0.4) is 0 Å². The Bertz CT molecular complexity index is 358. The van der Waals surface area contributed by atoms with Crippen molar-refractivity contribution >= 4 is 12.1 Å². The predicted octanol–water partition coefficient (Wildman–Crippen LogP) is 1.71. The third-order valence-electron chi connectivity index (χ3n) is 2.40. The summed E-state index contributed by atoms with van der Waals surface area (Å²) in [5.41, 5.74) is -3.41. The second kappa shape index (κ2) is 7.73. The van der Waals surface area contributed by atoms with Gasteiger partial charge in [-0.1, -0.05) is 12.7 Å². The predicted molar refractivity (Wildman–Crippen MR) is 62.2 cm³/mol. The molecule has 6 nitrogen and oxygen atoms in total. The number of hydrogen-bond donors (Lipinski definition) is 2. The molecule has 0 aliphatic carbocycles. The number of ether oxygens (including phenoxy) is 2. The average molecular weight is 299 g/mol. The lowest BCUT2D eigenvalue weighted by atomic mass is 9.93. The first-order valence-corrected chi connectivity index (χ1v) is 5.56. The van der Waals surface area contributed by atoms with Gasteiger partial charge in [-0.15, -0.1) is 0 Å². The minimum Gasteiger partial charge on any atom is -0.479 e. The highest BCUT2D eigenvalue weighted by Crippen LogP contribution is 2.34. The van der Waals surface area contributed by atoms with Gasteiger partial charge in [-0.2, -0.15) is 13.2 Å². The van der Waals surface area contributed by atoms with Crippen LogP contribution < -0.4 is 5.32 Å². The van der Waals surface area contributed by atoms with Gasteiger partial charge >= 0.3 is 18.2 Å². The molecule has 0 rings (SSSR count). The summed E-state index contributed by atoms with van der Waals surface area (Å²) in [6, 6.07) is 0. The number of carboxylic acids is 1. The van der Waals surface area contributed by atoms with Crippen molar-refractivity contribution in [3.63, 3.8) is 0 Å². The molecular weight excluding hydrogens is 283 g/mol. The summed E-state index contributed by atoms with van der Waals surface area (Å²) in [6.45, 7) is 2.80. The van der Waals surface area contributed by atoms with Gasteiger partial charge in [0.1, 0.15) is 6.61 Å². The van der Waals surface area contributed by atoms with E-state index in [2.05, 4.69) is 16.1 Å². The van der Waals surface area contributed by atoms with Crippen LogP contribution in [0.5, 0.6) is 0 Å². The third-order valence-corrected chi connectivity index (χ3v) is 2.40. The van der Waals surface area contributed by atoms with Crippen LogP contribution >= 0.6 is 0 Å². The molecule has 1 unspecified atom stereocenters. The average Bonchev–Trinajstić information content (AvgIpc) is 2.33. The van der Waals surface area contributed by atoms with E-state index in [1.807, 2.05) is 0 Å². The number of carbonyl (C=O) groups is 2. The van der Waals surface area contributed by atoms with E-state index < -0.39 is 30.2 Å². The van der Waals surface area contributed by atoms with Crippen molar-refractivity contribution in [1.82, 2.24) is 5.32 Å². The molecule has 20 heavy (non-hydrogen) atoms. The van der Waals surface area contributed by atoms with Crippen molar-refractivity contribution in [2.24, 2.45) is 0 Å². The van der Waals surface area contributed by atoms with Gasteiger partial charge in [-0.05, 0) is 12.8 Å². The molecule has 0 heterocycles. The third kappa shape index (κ3) is 4.72. The van der Waals surface area contributed by atoms with Crippen molar-refractivity contribution in [3.05, 3.63) is 12.7 Å². The van der Waals surface area contributed by atoms with Gasteiger partial charge in [0.25, 0.3) is 0 Å². The number of nitrogens with one attached hydrogen (secondary N) is 1. The molecule has 0 bridgehead atoms. The molecule has 0 spiro atoms. The Morgan fingerprint density at radius 2 is 2.00 bits per heavy atom. The molecule has 0 aromatic carbocycles. The largest absolute Gasteiger partial charge is 0.479 e. The minimum atomic E-state index is -5.18. The summed E-state index contributed by atoms with van der Waals surface area (Å²) < 4.78 is 48.0. The van der Waals surface area contributed by atoms with Crippen molar-refractivity contribution in [2.45, 2.75) is 24.6 Å². The Balaban J connectivity index is 5.14. The van der Waals surface area contributed by atoms with E-state index in [1.54, 1.807) is 0 Å². The van der Waals surface area contributed by atoms with Crippen LogP contribution in [0.4, 0.5) is 18.0 Å². The first kappa shape index (κ1) is 18.2. The highest BCUT2D eigenvalue weighted by atomic mass is 19.4. The number of methoxy groups -OCH3 is 1. The Labute approximate surface area is 113 Å². The lowest BCUT2D eigenvalue weighted by Gasteiger charge is -2.31. The van der Waals surface area contributed by atoms with Crippen molar-refractivity contribution in [2.75, 3.05) is 20.3 Å². The van der Waals surface area contributed by atoms with E-state index in [-0.39, 0.29) is 19.6 Å². The maximum atomic E-state index is 13.0. The van der Waals surface area contributed by atoms with E-state index in [9.17, 15) is 22.8 Å². The van der Waals surface area contributed by atoms with Gasteiger partial charge < -0.3 is 14.6 Å². The number of carboxylic acid groups (broad SMARTS) is 1. The van der Waals surface area contributed by atoms with Gasteiger partial charge in [-0.3, -0.25) is 5.32 Å². The van der Waals surface area contributed by atoms with E-state index >= 15 is 0 Å². The number of hydrogen-bond acceptors (Lipinski definition) is 4. The van der Waals surface area contributed by atoms with E-state index in [0.717, 1.165) is 6.08 Å². The second-order valence-corrected chi connectivity index (χ2v) is 3.82. The van der Waals surface area contributed by atoms with Crippen molar-refractivity contribution in [1.29, 1.82) is 0 Å². The number of aliphatic carboxylic acids is 1. The number of carbonyl (C=O) groups excluding carboxylic acids is 1. The first-order valence-electron chi connectivity index (χ1n) is 5.56. The number of rotatable bonds is 8. The SMILES string of the molecule is C=CCOC(=O)NC(CCCOC)(C(=O)O)C(F)(F)F. The zero-order chi connectivity index (χ0) is 15.8. The normalized spacial score (nSPS) is 14.2. The topological polar surface area (TPSA) is 84.9 Å². The summed E-state index contributed by atoms with van der Waals surface area (Å²) in [7, 11) is 1.27. The van der Waals surface area contributed by atoms with Crippen LogP contribution in [-0.4, -0.2) is 49.2 Å². The number of halogens is 3. The van der Waals surface area contributed by atoms with Crippen LogP contribution in [0.25, 0.3) is 0 Å². The highest BCUT2D eigenvalue weighted by Gasteiger charge is 2.61. The maximum Gasteiger partial charge on any atom is 0.422 e. The van der Waals surface area contributed by atoms with Crippen molar-refractivity contribution in [3.8, 4) is 0 Å². The fourth-order valence-corrected chi connectivity index (χ4v) is 1.38. The van der Waals surface area contributed by atoms with E-state index in [0.29, 0.717) is 0 Å². The summed E-state index contributed by atoms with van der Waals surface area (Å²) in [5.74, 6) is -2.21. The standard InChI is InChI=1S/C11H16F3NO5/c1-3-6-20-9(18)15-10(8(16)17,11(12,13)14)5-4-7-19-2/h3H,1,4-7H2,2H3,(H,15,18)(H,16,17). The van der Waals surface area contributed by atoms with Gasteiger partial charge in [-0.25, -0.2) is 9.59 Å². The molecule has 1 atom stereocenters. The fraction of sp³-hybridized carbons (Fsp3) is 0.636. The number of alkyl halides is 3. The van der Waals surface area contributed by atoms with Gasteiger partial charge in [0, 0.05) is 13.7 Å². The zero-order valence-electron chi connectivity index (χ0n) is 10.8. The molecule has 0 fully saturated rings. The molecule has 0 aliphatic rings. The summed E-state index contributed by atoms with van der Waals surface area (Å²) in [4.78, 5) is 22.2. The molecule has 116 valence electrons. The monoisotopic (exact) mass is 299 g/mol. The zero-order valence-corrected chi connectivity index (χ0v) is 10.8. The second-order valence-electron chi connectivity index (χ2n) is 3.82. The van der Waals surface area contributed by atoms with Crippen LogP contribution in [-0.2, 0) is 14.3 Å². The Kier molecular flexibility index (Phi) is 7.05. The minimum absolute atomic E-state index is 0.0749. The molecule has 2 N–H and O–H groups in total. The molecule has 0 aromatic heterocycles. The molecule has 0 saturated carbocycles. The van der Waals surface area contributed by atoms with Gasteiger partial charge in [0.05, 0.1) is 0 Å². The summed E-state index contributed by atoms with van der Waals surface area (Å²) in [6.07, 6.45) is -6.60. The van der Waals surface area contributed by atoms with E-state index in [4.69, 9.17) is 5.11 Å². The smallest absolute Gasteiger partial charge is 0.422 e. The molecule has 0 aromatic rings. The molecule has 1 amide bonds. The first-order chi connectivity index (χ1) is 9.21. The number of alkyl carbamates (subject to hydrolysis) is 1. The molecule has 9 heteroatoms. The van der Waals surface area contributed by atoms with Gasteiger partial charge in [0.2, 0.25) is 5.54 Å². The van der Waals surface area contributed by atoms with Crippen LogP contribution in [0.1, 0.15) is 12.8 Å². The lowest BCUT2D eigenvalue weighted by Crippen LogP contribution is -2.64. The van der Waals surface area contributed by atoms with Crippen LogP contribution in [0, 0.1) is 0 Å². The summed E-state index contributed by atoms with van der Waals surface area (Å²) >= 11 is 0. The number of amides is 1. The van der Waals surface area contributed by atoms with Crippen molar-refractivity contribution < 1.29 is 37.3 Å². The quantitative estimate of drug-likeness (QED) is 0.526. The Morgan fingerprint density at radius 3 is 2.40 bits per heavy atom. The van der Waals surface area contributed by atoms with Crippen LogP contribution in [0.15, 0.2) is 12.7 Å². The fourth-order valence-electron chi connectivity index (χ4n) is 1.38. The molecule has 0 radical (unpaired) electrons. The maximum absolute atomic E-state index is 13.0. The van der Waals surface area contributed by atoms with Crippen LogP contribution in [0.2, 0.25) is 0 Å². The molecular formula is C11H16F3NO5. The molecule has 0 saturated heterocycles. The van der Waals surface area contributed by atoms with E-state index in [1.165, 1.54) is 12.4 Å². The highest BCUT2D eigenvalue weighted by molar-refractivity contribution is 5.85. The Morgan fingerprint density at radius 1 is 1.40 bits per heavy atom. The van der Waals surface area contributed by atoms with Gasteiger partial charge in [0.15, 0.2) is 0 Å².